The molecular formula is C23H19N5O4S2. The van der Waals surface area contributed by atoms with Crippen LogP contribution in [-0.2, 0) is 13.3 Å². The number of thiazole rings is 2. The monoisotopic (exact) mass is 493 g/mol. The van der Waals surface area contributed by atoms with E-state index in [1.807, 2.05) is 48.5 Å². The number of aliphatic hydroxyl groups is 1. The average molecular weight is 494 g/mol. The van der Waals surface area contributed by atoms with E-state index in [0.717, 1.165) is 37.1 Å². The first-order valence-electron chi connectivity index (χ1n) is 10.3. The summed E-state index contributed by atoms with van der Waals surface area (Å²) in [7, 11) is 0. The van der Waals surface area contributed by atoms with E-state index in [1.54, 1.807) is 12.1 Å². The van der Waals surface area contributed by atoms with E-state index in [9.17, 15) is 19.5 Å². The Morgan fingerprint density at radius 2 is 1.32 bits per heavy atom. The van der Waals surface area contributed by atoms with E-state index >= 15 is 0 Å². The SMILES string of the molecule is O=C(c1ccncc1)N(CO)N(Cn1c(=O)sc2ccccc21)Cn1c(=O)sc2ccccc21. The first-order chi connectivity index (χ1) is 16.6. The minimum absolute atomic E-state index is 0.0448. The minimum Gasteiger partial charge on any atom is -0.375 e. The van der Waals surface area contributed by atoms with E-state index in [-0.39, 0.29) is 23.1 Å². The van der Waals surface area contributed by atoms with Crippen LogP contribution in [0, 0.1) is 0 Å². The van der Waals surface area contributed by atoms with E-state index in [2.05, 4.69) is 4.98 Å². The third-order valence-corrected chi connectivity index (χ3v) is 7.31. The number of carbonyl (C=O) groups excluding carboxylic acids is 1. The Bertz CT molecular complexity index is 1500. The Balaban J connectivity index is 1.60. The maximum atomic E-state index is 13.3. The van der Waals surface area contributed by atoms with Crippen LogP contribution < -0.4 is 9.75 Å². The molecule has 5 aromatic rings. The van der Waals surface area contributed by atoms with E-state index in [0.29, 0.717) is 16.6 Å². The number of rotatable bonds is 7. The van der Waals surface area contributed by atoms with Crippen molar-refractivity contribution in [1.29, 1.82) is 0 Å². The molecule has 9 nitrogen and oxygen atoms in total. The molecule has 11 heteroatoms. The number of amides is 1. The van der Waals surface area contributed by atoms with Gasteiger partial charge in [0.25, 0.3) is 5.91 Å². The lowest BCUT2D eigenvalue weighted by molar-refractivity contribution is -0.0899. The smallest absolute Gasteiger partial charge is 0.309 e. The summed E-state index contributed by atoms with van der Waals surface area (Å²) in [6, 6.07) is 17.8. The molecule has 1 N–H and O–H groups in total. The van der Waals surface area contributed by atoms with Gasteiger partial charge in [-0.2, -0.15) is 5.01 Å². The van der Waals surface area contributed by atoms with Crippen molar-refractivity contribution in [3.8, 4) is 0 Å². The van der Waals surface area contributed by atoms with Crippen molar-refractivity contribution < 1.29 is 9.90 Å². The molecule has 0 atom stereocenters. The first-order valence-corrected chi connectivity index (χ1v) is 11.9. The first kappa shape index (κ1) is 22.2. The van der Waals surface area contributed by atoms with Gasteiger partial charge in [0.15, 0.2) is 0 Å². The zero-order valence-corrected chi connectivity index (χ0v) is 19.4. The second-order valence-corrected chi connectivity index (χ2v) is 9.39. The van der Waals surface area contributed by atoms with E-state index in [4.69, 9.17) is 0 Å². The molecule has 1 amide bonds. The summed E-state index contributed by atoms with van der Waals surface area (Å²) in [5, 5.41) is 12.9. The average Bonchev–Trinajstić information content (AvgIpc) is 3.35. The summed E-state index contributed by atoms with van der Waals surface area (Å²) < 4.78 is 4.67. The second-order valence-electron chi connectivity index (χ2n) is 7.40. The zero-order valence-electron chi connectivity index (χ0n) is 17.8. The summed E-state index contributed by atoms with van der Waals surface area (Å²) >= 11 is 2.20. The highest BCUT2D eigenvalue weighted by molar-refractivity contribution is 7.16. The molecule has 0 unspecified atom stereocenters. The number of nitrogens with zero attached hydrogens (tertiary/aromatic N) is 5. The molecule has 0 aliphatic heterocycles. The fourth-order valence-electron chi connectivity index (χ4n) is 3.75. The van der Waals surface area contributed by atoms with Crippen LogP contribution in [0.3, 0.4) is 0 Å². The molecule has 0 spiro atoms. The molecule has 0 saturated heterocycles. The molecule has 0 aliphatic carbocycles. The van der Waals surface area contributed by atoms with Gasteiger partial charge >= 0.3 is 9.75 Å². The predicted molar refractivity (Wildman–Crippen MR) is 132 cm³/mol. The van der Waals surface area contributed by atoms with Crippen molar-refractivity contribution in [2.45, 2.75) is 13.3 Å². The summed E-state index contributed by atoms with van der Waals surface area (Å²) in [4.78, 5) is 42.5. The van der Waals surface area contributed by atoms with Crippen LogP contribution in [-0.4, -0.2) is 41.9 Å². The van der Waals surface area contributed by atoms with Crippen LogP contribution in [0.4, 0.5) is 0 Å². The predicted octanol–water partition coefficient (Wildman–Crippen LogP) is 2.76. The number of aliphatic hydroxyl groups excluding tert-OH is 1. The third-order valence-electron chi connectivity index (χ3n) is 5.39. The second kappa shape index (κ2) is 9.31. The van der Waals surface area contributed by atoms with E-state index < -0.39 is 12.6 Å². The molecule has 172 valence electrons. The van der Waals surface area contributed by atoms with Crippen molar-refractivity contribution in [1.82, 2.24) is 24.1 Å². The van der Waals surface area contributed by atoms with Crippen LogP contribution in [0.5, 0.6) is 0 Å². The molecule has 34 heavy (non-hydrogen) atoms. The number of carbonyl (C=O) groups is 1. The summed E-state index contributed by atoms with van der Waals surface area (Å²) in [6.07, 6.45) is 2.97. The minimum atomic E-state index is -0.644. The lowest BCUT2D eigenvalue weighted by atomic mass is 10.2. The molecule has 3 heterocycles. The van der Waals surface area contributed by atoms with Crippen LogP contribution in [0.1, 0.15) is 10.4 Å². The van der Waals surface area contributed by atoms with Gasteiger partial charge in [-0.25, -0.2) is 5.01 Å². The fraction of sp³-hybridized carbons (Fsp3) is 0.130. The van der Waals surface area contributed by atoms with Crippen LogP contribution in [0.15, 0.2) is 82.6 Å². The summed E-state index contributed by atoms with van der Waals surface area (Å²) in [5.41, 5.74) is 1.73. The van der Waals surface area contributed by atoms with Crippen molar-refractivity contribution in [3.05, 3.63) is 98.0 Å². The van der Waals surface area contributed by atoms with Gasteiger partial charge in [-0.05, 0) is 36.4 Å². The maximum absolute atomic E-state index is 13.3. The van der Waals surface area contributed by atoms with E-state index in [1.165, 1.54) is 26.5 Å². The van der Waals surface area contributed by atoms with Crippen LogP contribution in [0.25, 0.3) is 20.4 Å². The topological polar surface area (TPSA) is 101 Å². The highest BCUT2D eigenvalue weighted by Crippen LogP contribution is 2.20. The number of hydrogen-bond acceptors (Lipinski definition) is 8. The number of para-hydroxylation sites is 2. The molecule has 0 aliphatic rings. The van der Waals surface area contributed by atoms with Gasteiger partial charge in [0, 0.05) is 18.0 Å². The highest BCUT2D eigenvalue weighted by atomic mass is 32.1. The number of hydrazine groups is 1. The Morgan fingerprint density at radius 1 is 0.824 bits per heavy atom. The van der Waals surface area contributed by atoms with Gasteiger partial charge < -0.3 is 5.11 Å². The quantitative estimate of drug-likeness (QED) is 0.276. The number of pyridine rings is 1. The van der Waals surface area contributed by atoms with Gasteiger partial charge in [0.2, 0.25) is 0 Å². The van der Waals surface area contributed by atoms with Crippen molar-refractivity contribution in [2.24, 2.45) is 0 Å². The number of benzene rings is 2. The molecule has 5 rings (SSSR count). The van der Waals surface area contributed by atoms with Crippen molar-refractivity contribution in [3.63, 3.8) is 0 Å². The molecule has 0 saturated carbocycles. The van der Waals surface area contributed by atoms with Gasteiger partial charge in [0.05, 0.1) is 33.8 Å². The molecule has 2 aromatic carbocycles. The number of hydrogen-bond donors (Lipinski definition) is 1. The van der Waals surface area contributed by atoms with Gasteiger partial charge in [-0.3, -0.25) is 28.5 Å². The highest BCUT2D eigenvalue weighted by Gasteiger charge is 2.25. The standard InChI is InChI=1S/C23H19N5O4S2/c29-15-28(21(30)16-9-11-24-12-10-16)25(13-26-17-5-1-3-7-19(17)33-22(26)31)14-27-18-6-2-4-8-20(18)34-23(27)32/h1-12,29H,13-15H2. The molecule has 0 fully saturated rings. The summed E-state index contributed by atoms with van der Waals surface area (Å²) in [6.45, 7) is -0.734. The fourth-order valence-corrected chi connectivity index (χ4v) is 5.51. The van der Waals surface area contributed by atoms with Crippen molar-refractivity contribution >= 4 is 49.0 Å². The van der Waals surface area contributed by atoms with Crippen LogP contribution in [0.2, 0.25) is 0 Å². The van der Waals surface area contributed by atoms with Crippen LogP contribution >= 0.6 is 22.7 Å². The molecule has 0 radical (unpaired) electrons. The Hall–Kier alpha value is -3.64. The lowest BCUT2D eigenvalue weighted by Gasteiger charge is -2.33. The largest absolute Gasteiger partial charge is 0.375 e. The number of fused-ring (bicyclic) bond motifs is 2. The van der Waals surface area contributed by atoms with Gasteiger partial charge in [-0.15, -0.1) is 0 Å². The molecule has 0 bridgehead atoms. The number of aromatic nitrogens is 3. The normalized spacial score (nSPS) is 11.5. The lowest BCUT2D eigenvalue weighted by Crippen LogP contribution is -2.50. The molecular weight excluding hydrogens is 474 g/mol. The zero-order chi connectivity index (χ0) is 23.7. The Kier molecular flexibility index (Phi) is 6.07. The summed E-state index contributed by atoms with van der Waals surface area (Å²) in [5.74, 6) is -0.481. The van der Waals surface area contributed by atoms with Crippen molar-refractivity contribution in [2.75, 3.05) is 6.73 Å². The van der Waals surface area contributed by atoms with Gasteiger partial charge in [0.1, 0.15) is 6.73 Å². The third kappa shape index (κ3) is 4.05. The Labute approximate surface area is 200 Å². The van der Waals surface area contributed by atoms with Gasteiger partial charge in [-0.1, -0.05) is 46.9 Å². The maximum Gasteiger partial charge on any atom is 0.309 e. The Morgan fingerprint density at radius 3 is 1.82 bits per heavy atom. The molecule has 3 aromatic heterocycles.